The van der Waals surface area contributed by atoms with E-state index in [4.69, 9.17) is 10.8 Å². The Hall–Kier alpha value is -0.510. The van der Waals surface area contributed by atoms with Crippen molar-refractivity contribution in [3.8, 4) is 0 Å². The first-order valence-electron chi connectivity index (χ1n) is 4.63. The van der Waals surface area contributed by atoms with Crippen LogP contribution in [-0.4, -0.2) is 23.0 Å². The van der Waals surface area contributed by atoms with Gasteiger partial charge in [-0.3, -0.25) is 0 Å². The molecule has 0 aliphatic heterocycles. The zero-order valence-corrected chi connectivity index (χ0v) is 9.47. The average molecular weight is 211 g/mol. The number of nitrogens with two attached hydrogens (primary N) is 1. The van der Waals surface area contributed by atoms with Gasteiger partial charge in [0.05, 0.1) is 6.61 Å². The van der Waals surface area contributed by atoms with E-state index >= 15 is 0 Å². The summed E-state index contributed by atoms with van der Waals surface area (Å²) in [6, 6.07) is 8.31. The van der Waals surface area contributed by atoms with E-state index in [2.05, 4.69) is 31.2 Å². The van der Waals surface area contributed by atoms with Crippen molar-refractivity contribution in [3.05, 3.63) is 29.8 Å². The van der Waals surface area contributed by atoms with Crippen LogP contribution in [0.3, 0.4) is 0 Å². The molecule has 0 saturated carbocycles. The molecule has 3 heteroatoms. The van der Waals surface area contributed by atoms with Gasteiger partial charge >= 0.3 is 0 Å². The Morgan fingerprint density at radius 3 is 2.43 bits per heavy atom. The first-order valence-corrected chi connectivity index (χ1v) is 5.61. The van der Waals surface area contributed by atoms with Crippen molar-refractivity contribution in [1.29, 1.82) is 0 Å². The fourth-order valence-electron chi connectivity index (χ4n) is 0.928. The van der Waals surface area contributed by atoms with Gasteiger partial charge in [-0.2, -0.15) is 0 Å². The quantitative estimate of drug-likeness (QED) is 0.746. The van der Waals surface area contributed by atoms with Crippen LogP contribution in [-0.2, 0) is 0 Å². The van der Waals surface area contributed by atoms with Crippen LogP contribution >= 0.6 is 11.8 Å². The highest BCUT2D eigenvalue weighted by Crippen LogP contribution is 2.21. The van der Waals surface area contributed by atoms with Crippen molar-refractivity contribution in [2.75, 3.05) is 12.4 Å². The zero-order valence-electron chi connectivity index (χ0n) is 8.66. The standard InChI is InChI=1S/C11H17NOS/c1-9-3-5-10(6-4-9)14-8-11(2,12)7-13/h3-6,13H,7-8,12H2,1-2H3. The fourth-order valence-corrected chi connectivity index (χ4v) is 1.84. The van der Waals surface area contributed by atoms with Gasteiger partial charge in [-0.15, -0.1) is 11.8 Å². The van der Waals surface area contributed by atoms with Gasteiger partial charge in [-0.25, -0.2) is 0 Å². The Balaban J connectivity index is 2.50. The smallest absolute Gasteiger partial charge is 0.0616 e. The summed E-state index contributed by atoms with van der Waals surface area (Å²) in [5.74, 6) is 0.729. The molecular weight excluding hydrogens is 194 g/mol. The summed E-state index contributed by atoms with van der Waals surface area (Å²) in [5.41, 5.74) is 6.59. The second-order valence-electron chi connectivity index (χ2n) is 3.91. The van der Waals surface area contributed by atoms with E-state index in [1.807, 2.05) is 6.92 Å². The van der Waals surface area contributed by atoms with Gasteiger partial charge in [0.1, 0.15) is 0 Å². The molecule has 78 valence electrons. The maximum absolute atomic E-state index is 8.98. The summed E-state index contributed by atoms with van der Waals surface area (Å²) < 4.78 is 0. The van der Waals surface area contributed by atoms with E-state index in [0.717, 1.165) is 5.75 Å². The van der Waals surface area contributed by atoms with Gasteiger partial charge in [0.25, 0.3) is 0 Å². The molecule has 1 aromatic carbocycles. The van der Waals surface area contributed by atoms with E-state index in [1.54, 1.807) is 11.8 Å². The molecular formula is C11H17NOS. The summed E-state index contributed by atoms with van der Waals surface area (Å²) in [6.07, 6.45) is 0. The normalized spacial score (nSPS) is 15.1. The van der Waals surface area contributed by atoms with Crippen LogP contribution in [0.2, 0.25) is 0 Å². The van der Waals surface area contributed by atoms with Gasteiger partial charge in [-0.1, -0.05) is 17.7 Å². The molecule has 1 rings (SSSR count). The van der Waals surface area contributed by atoms with E-state index in [0.29, 0.717) is 0 Å². The van der Waals surface area contributed by atoms with E-state index < -0.39 is 5.54 Å². The van der Waals surface area contributed by atoms with Crippen LogP contribution < -0.4 is 5.73 Å². The minimum atomic E-state index is -0.491. The number of thioether (sulfide) groups is 1. The fraction of sp³-hybridized carbons (Fsp3) is 0.455. The molecule has 3 N–H and O–H groups in total. The third-order valence-electron chi connectivity index (χ3n) is 1.95. The van der Waals surface area contributed by atoms with Crippen molar-refractivity contribution in [2.45, 2.75) is 24.3 Å². The van der Waals surface area contributed by atoms with Gasteiger partial charge < -0.3 is 10.8 Å². The van der Waals surface area contributed by atoms with Gasteiger partial charge in [-0.05, 0) is 26.0 Å². The third kappa shape index (κ3) is 3.70. The number of aliphatic hydroxyl groups excluding tert-OH is 1. The summed E-state index contributed by atoms with van der Waals surface area (Å²) in [5, 5.41) is 8.98. The van der Waals surface area contributed by atoms with Crippen LogP contribution in [0.25, 0.3) is 0 Å². The predicted octanol–water partition coefficient (Wildman–Crippen LogP) is 1.80. The Kier molecular flexibility index (Phi) is 3.98. The SMILES string of the molecule is Cc1ccc(SCC(C)(N)CO)cc1. The average Bonchev–Trinajstić information content (AvgIpc) is 2.17. The lowest BCUT2D eigenvalue weighted by molar-refractivity contribution is 0.224. The number of aliphatic hydroxyl groups is 1. The Labute approximate surface area is 89.5 Å². The molecule has 1 atom stereocenters. The molecule has 1 unspecified atom stereocenters. The van der Waals surface area contributed by atoms with Crippen molar-refractivity contribution in [2.24, 2.45) is 5.73 Å². The lowest BCUT2D eigenvalue weighted by Gasteiger charge is -2.20. The Bertz CT molecular complexity index is 282. The number of hydrogen-bond acceptors (Lipinski definition) is 3. The van der Waals surface area contributed by atoms with Gasteiger partial charge in [0, 0.05) is 16.2 Å². The molecule has 0 fully saturated rings. The van der Waals surface area contributed by atoms with Crippen LogP contribution in [0.5, 0.6) is 0 Å². The molecule has 2 nitrogen and oxygen atoms in total. The molecule has 1 aromatic rings. The van der Waals surface area contributed by atoms with Gasteiger partial charge in [0.15, 0.2) is 0 Å². The predicted molar refractivity (Wildman–Crippen MR) is 61.6 cm³/mol. The maximum atomic E-state index is 8.98. The minimum Gasteiger partial charge on any atom is -0.394 e. The highest BCUT2D eigenvalue weighted by molar-refractivity contribution is 7.99. The first kappa shape index (κ1) is 11.6. The minimum absolute atomic E-state index is 0.0197. The Morgan fingerprint density at radius 2 is 1.93 bits per heavy atom. The number of rotatable bonds is 4. The van der Waals surface area contributed by atoms with Crippen molar-refractivity contribution in [1.82, 2.24) is 0 Å². The topological polar surface area (TPSA) is 46.2 Å². The van der Waals surface area contributed by atoms with Crippen molar-refractivity contribution < 1.29 is 5.11 Å². The van der Waals surface area contributed by atoms with E-state index in [-0.39, 0.29) is 6.61 Å². The highest BCUT2D eigenvalue weighted by atomic mass is 32.2. The summed E-state index contributed by atoms with van der Waals surface area (Å²) in [7, 11) is 0. The molecule has 0 radical (unpaired) electrons. The molecule has 0 aliphatic rings. The molecule has 0 saturated heterocycles. The first-order chi connectivity index (χ1) is 6.53. The summed E-state index contributed by atoms with van der Waals surface area (Å²) in [4.78, 5) is 1.20. The zero-order chi connectivity index (χ0) is 10.6. The van der Waals surface area contributed by atoms with Crippen LogP contribution in [0, 0.1) is 6.92 Å². The molecule has 0 spiro atoms. The summed E-state index contributed by atoms with van der Waals surface area (Å²) in [6.45, 7) is 3.94. The van der Waals surface area contributed by atoms with E-state index in [9.17, 15) is 0 Å². The second-order valence-corrected chi connectivity index (χ2v) is 4.96. The molecule has 0 aromatic heterocycles. The molecule has 0 aliphatic carbocycles. The molecule has 0 heterocycles. The monoisotopic (exact) mass is 211 g/mol. The maximum Gasteiger partial charge on any atom is 0.0616 e. The number of hydrogen-bond donors (Lipinski definition) is 2. The Morgan fingerprint density at radius 1 is 1.36 bits per heavy atom. The van der Waals surface area contributed by atoms with Crippen LogP contribution in [0.4, 0.5) is 0 Å². The van der Waals surface area contributed by atoms with Crippen molar-refractivity contribution in [3.63, 3.8) is 0 Å². The third-order valence-corrected chi connectivity index (χ3v) is 3.36. The number of aryl methyl sites for hydroxylation is 1. The van der Waals surface area contributed by atoms with Crippen LogP contribution in [0.1, 0.15) is 12.5 Å². The van der Waals surface area contributed by atoms with Crippen molar-refractivity contribution >= 4 is 11.8 Å². The highest BCUT2D eigenvalue weighted by Gasteiger charge is 2.16. The molecule has 14 heavy (non-hydrogen) atoms. The molecule has 0 bridgehead atoms. The lowest BCUT2D eigenvalue weighted by atomic mass is 10.1. The van der Waals surface area contributed by atoms with E-state index in [1.165, 1.54) is 10.5 Å². The number of benzene rings is 1. The largest absolute Gasteiger partial charge is 0.394 e. The van der Waals surface area contributed by atoms with Crippen LogP contribution in [0.15, 0.2) is 29.2 Å². The second kappa shape index (κ2) is 4.82. The molecule has 0 amide bonds. The lowest BCUT2D eigenvalue weighted by Crippen LogP contribution is -2.42. The van der Waals surface area contributed by atoms with Gasteiger partial charge in [0.2, 0.25) is 0 Å². The summed E-state index contributed by atoms with van der Waals surface area (Å²) >= 11 is 1.68.